The van der Waals surface area contributed by atoms with Crippen LogP contribution in [0.25, 0.3) is 0 Å². The van der Waals surface area contributed by atoms with Gasteiger partial charge < -0.3 is 4.90 Å². The number of benzene rings is 2. The topological polar surface area (TPSA) is 83.8 Å². The molecule has 1 aliphatic heterocycles. The van der Waals surface area contributed by atoms with Crippen molar-refractivity contribution in [2.24, 2.45) is 0 Å². The van der Waals surface area contributed by atoms with Crippen molar-refractivity contribution >= 4 is 21.4 Å². The molecule has 0 saturated carbocycles. The molecule has 7 nitrogen and oxygen atoms in total. The summed E-state index contributed by atoms with van der Waals surface area (Å²) in [6.07, 6.45) is 0. The zero-order valence-electron chi connectivity index (χ0n) is 14.1. The van der Waals surface area contributed by atoms with E-state index in [1.54, 1.807) is 13.0 Å². The summed E-state index contributed by atoms with van der Waals surface area (Å²) in [6, 6.07) is 9.43. The summed E-state index contributed by atoms with van der Waals surface area (Å²) in [5.41, 5.74) is 1.66. The van der Waals surface area contributed by atoms with E-state index in [1.165, 1.54) is 28.6 Å². The predicted octanol–water partition coefficient (Wildman–Crippen LogP) is 2.55. The second kappa shape index (κ2) is 7.00. The Kier molecular flexibility index (Phi) is 4.92. The lowest BCUT2D eigenvalue weighted by molar-refractivity contribution is -0.384. The van der Waals surface area contributed by atoms with Gasteiger partial charge in [0.05, 0.1) is 9.82 Å². The molecule has 3 rings (SSSR count). The van der Waals surface area contributed by atoms with Crippen LogP contribution in [-0.2, 0) is 10.0 Å². The Morgan fingerprint density at radius 1 is 1.04 bits per heavy atom. The van der Waals surface area contributed by atoms with Gasteiger partial charge in [0.15, 0.2) is 0 Å². The average molecular weight is 379 g/mol. The first-order chi connectivity index (χ1) is 12.3. The molecule has 1 aliphatic rings. The monoisotopic (exact) mass is 379 g/mol. The number of piperazine rings is 1. The van der Waals surface area contributed by atoms with Crippen molar-refractivity contribution in [3.05, 3.63) is 64.0 Å². The minimum atomic E-state index is -3.66. The molecule has 1 fully saturated rings. The average Bonchev–Trinajstić information content (AvgIpc) is 2.62. The molecule has 0 aromatic heterocycles. The number of aryl methyl sites for hydroxylation is 1. The first-order valence-corrected chi connectivity index (χ1v) is 9.49. The van der Waals surface area contributed by atoms with E-state index in [9.17, 15) is 22.9 Å². The summed E-state index contributed by atoms with van der Waals surface area (Å²) in [7, 11) is -3.66. The molecule has 0 atom stereocenters. The van der Waals surface area contributed by atoms with Gasteiger partial charge in [0.2, 0.25) is 10.0 Å². The van der Waals surface area contributed by atoms with Gasteiger partial charge in [-0.1, -0.05) is 0 Å². The molecule has 0 bridgehead atoms. The van der Waals surface area contributed by atoms with E-state index in [2.05, 4.69) is 0 Å². The third-order valence-electron chi connectivity index (χ3n) is 4.42. The molecule has 1 heterocycles. The highest BCUT2D eigenvalue weighted by molar-refractivity contribution is 7.89. The molecule has 26 heavy (non-hydrogen) atoms. The Labute approximate surface area is 150 Å². The van der Waals surface area contributed by atoms with Gasteiger partial charge in [-0.15, -0.1) is 0 Å². The summed E-state index contributed by atoms with van der Waals surface area (Å²) < 4.78 is 39.7. The zero-order chi connectivity index (χ0) is 18.9. The zero-order valence-corrected chi connectivity index (χ0v) is 14.9. The molecule has 138 valence electrons. The Morgan fingerprint density at radius 2 is 1.65 bits per heavy atom. The summed E-state index contributed by atoms with van der Waals surface area (Å²) in [4.78, 5) is 12.5. The van der Waals surface area contributed by atoms with E-state index >= 15 is 0 Å². The van der Waals surface area contributed by atoms with Crippen molar-refractivity contribution in [3.8, 4) is 0 Å². The number of nitro benzene ring substituents is 1. The van der Waals surface area contributed by atoms with Gasteiger partial charge >= 0.3 is 0 Å². The van der Waals surface area contributed by atoms with Gasteiger partial charge in [0.25, 0.3) is 5.69 Å². The number of hydrogen-bond donors (Lipinski definition) is 0. The smallest absolute Gasteiger partial charge is 0.269 e. The third kappa shape index (κ3) is 3.54. The van der Waals surface area contributed by atoms with Crippen molar-refractivity contribution < 1.29 is 17.7 Å². The number of anilines is 1. The van der Waals surface area contributed by atoms with Crippen LogP contribution in [0.15, 0.2) is 47.4 Å². The maximum absolute atomic E-state index is 13.0. The fourth-order valence-electron chi connectivity index (χ4n) is 3.03. The molecule has 0 radical (unpaired) electrons. The van der Waals surface area contributed by atoms with Crippen LogP contribution in [0.2, 0.25) is 0 Å². The van der Waals surface area contributed by atoms with E-state index in [1.807, 2.05) is 4.90 Å². The number of sulfonamides is 1. The van der Waals surface area contributed by atoms with E-state index in [4.69, 9.17) is 0 Å². The van der Waals surface area contributed by atoms with E-state index in [0.717, 1.165) is 23.4 Å². The Morgan fingerprint density at radius 3 is 2.19 bits per heavy atom. The summed E-state index contributed by atoms with van der Waals surface area (Å²) in [5, 5.41) is 10.8. The largest absolute Gasteiger partial charge is 0.369 e. The minimum Gasteiger partial charge on any atom is -0.369 e. The van der Waals surface area contributed by atoms with Gasteiger partial charge in [-0.25, -0.2) is 12.8 Å². The maximum atomic E-state index is 13.0. The molecule has 0 spiro atoms. The summed E-state index contributed by atoms with van der Waals surface area (Å²) in [6.45, 7) is 3.31. The number of nitro groups is 1. The Bertz CT molecular complexity index is 924. The second-order valence-electron chi connectivity index (χ2n) is 6.07. The van der Waals surface area contributed by atoms with Crippen molar-refractivity contribution in [1.82, 2.24) is 4.31 Å². The molecule has 0 unspecified atom stereocenters. The van der Waals surface area contributed by atoms with Crippen LogP contribution < -0.4 is 4.90 Å². The number of hydrogen-bond acceptors (Lipinski definition) is 5. The number of non-ortho nitro benzene ring substituents is 1. The highest BCUT2D eigenvalue weighted by Crippen LogP contribution is 2.27. The lowest BCUT2D eigenvalue weighted by atomic mass is 10.1. The Balaban J connectivity index is 1.73. The quantitative estimate of drug-likeness (QED) is 0.602. The molecule has 2 aromatic carbocycles. The van der Waals surface area contributed by atoms with Gasteiger partial charge in [-0.05, 0) is 42.8 Å². The first kappa shape index (κ1) is 18.3. The highest BCUT2D eigenvalue weighted by Gasteiger charge is 2.29. The van der Waals surface area contributed by atoms with Gasteiger partial charge in [-0.2, -0.15) is 4.31 Å². The second-order valence-corrected chi connectivity index (χ2v) is 8.01. The molecule has 1 saturated heterocycles. The standard InChI is InChI=1S/C17H18FN3O4S/c1-13-12-15(21(22)23)4-7-17(13)19-8-10-20(11-9-19)26(24,25)16-5-2-14(18)3-6-16/h2-7,12H,8-11H2,1H3. The van der Waals surface area contributed by atoms with E-state index in [-0.39, 0.29) is 23.7 Å². The number of halogens is 1. The summed E-state index contributed by atoms with van der Waals surface area (Å²) >= 11 is 0. The van der Waals surface area contributed by atoms with Gasteiger partial charge in [-0.3, -0.25) is 10.1 Å². The van der Waals surface area contributed by atoms with Gasteiger partial charge in [0, 0.05) is 44.0 Å². The molecular formula is C17H18FN3O4S. The number of nitrogens with zero attached hydrogens (tertiary/aromatic N) is 3. The molecule has 0 amide bonds. The molecule has 2 aromatic rings. The van der Waals surface area contributed by atoms with Crippen molar-refractivity contribution in [1.29, 1.82) is 0 Å². The fraction of sp³-hybridized carbons (Fsp3) is 0.294. The summed E-state index contributed by atoms with van der Waals surface area (Å²) in [5.74, 6) is -0.484. The highest BCUT2D eigenvalue weighted by atomic mass is 32.2. The minimum absolute atomic E-state index is 0.0313. The number of rotatable bonds is 4. The van der Waals surface area contributed by atoms with Crippen molar-refractivity contribution in [2.45, 2.75) is 11.8 Å². The molecule has 9 heteroatoms. The van der Waals surface area contributed by atoms with E-state index in [0.29, 0.717) is 13.1 Å². The predicted molar refractivity (Wildman–Crippen MR) is 95.2 cm³/mol. The SMILES string of the molecule is Cc1cc([N+](=O)[O-])ccc1N1CCN(S(=O)(=O)c2ccc(F)cc2)CC1. The van der Waals surface area contributed by atoms with Crippen LogP contribution >= 0.6 is 0 Å². The van der Waals surface area contributed by atoms with Crippen LogP contribution in [-0.4, -0.2) is 43.8 Å². The molecular weight excluding hydrogens is 361 g/mol. The van der Waals surface area contributed by atoms with Crippen molar-refractivity contribution in [2.75, 3.05) is 31.1 Å². The molecule has 0 aliphatic carbocycles. The van der Waals surface area contributed by atoms with Crippen LogP contribution in [0.1, 0.15) is 5.56 Å². The Hall–Kier alpha value is -2.52. The third-order valence-corrected chi connectivity index (χ3v) is 6.33. The van der Waals surface area contributed by atoms with Crippen LogP contribution in [0.4, 0.5) is 15.8 Å². The lowest BCUT2D eigenvalue weighted by Crippen LogP contribution is -2.48. The van der Waals surface area contributed by atoms with E-state index < -0.39 is 20.8 Å². The van der Waals surface area contributed by atoms with Gasteiger partial charge in [0.1, 0.15) is 5.82 Å². The maximum Gasteiger partial charge on any atom is 0.269 e. The normalized spacial score (nSPS) is 15.8. The fourth-order valence-corrected chi connectivity index (χ4v) is 4.46. The molecule has 0 N–H and O–H groups in total. The first-order valence-electron chi connectivity index (χ1n) is 8.05. The van der Waals surface area contributed by atoms with Crippen molar-refractivity contribution in [3.63, 3.8) is 0 Å². The van der Waals surface area contributed by atoms with Crippen LogP contribution in [0.5, 0.6) is 0 Å². The van der Waals surface area contributed by atoms with Crippen LogP contribution in [0.3, 0.4) is 0 Å². The van der Waals surface area contributed by atoms with Crippen LogP contribution in [0, 0.1) is 22.9 Å². The lowest BCUT2D eigenvalue weighted by Gasteiger charge is -2.36.